The van der Waals surface area contributed by atoms with E-state index in [2.05, 4.69) is 45.0 Å². The summed E-state index contributed by atoms with van der Waals surface area (Å²) in [7, 11) is 0. The third-order valence-corrected chi connectivity index (χ3v) is 7.14. The van der Waals surface area contributed by atoms with Crippen LogP contribution < -0.4 is 9.47 Å². The lowest BCUT2D eigenvalue weighted by atomic mass is 9.86. The number of aliphatic carboxylic acids is 1. The summed E-state index contributed by atoms with van der Waals surface area (Å²) < 4.78 is 12.1. The van der Waals surface area contributed by atoms with Crippen molar-refractivity contribution in [3.63, 3.8) is 0 Å². The van der Waals surface area contributed by atoms with Gasteiger partial charge in [0, 0.05) is 17.0 Å². The number of carbonyl (C=O) groups excluding carboxylic acids is 1. The van der Waals surface area contributed by atoms with E-state index in [9.17, 15) is 14.7 Å². The number of halogens is 1. The second-order valence-corrected chi connectivity index (χ2v) is 11.3. The van der Waals surface area contributed by atoms with Crippen LogP contribution in [-0.2, 0) is 24.1 Å². The smallest absolute Gasteiger partial charge is 0.323 e. The van der Waals surface area contributed by atoms with E-state index in [0.29, 0.717) is 22.3 Å². The molecule has 0 radical (unpaired) electrons. The van der Waals surface area contributed by atoms with E-state index >= 15 is 0 Å². The molecule has 4 rings (SSSR count). The predicted molar refractivity (Wildman–Crippen MR) is 153 cm³/mol. The Kier molecular flexibility index (Phi) is 9.18. The number of hydrogen-bond acceptors (Lipinski definition) is 4. The van der Waals surface area contributed by atoms with E-state index < -0.39 is 12.5 Å². The Morgan fingerprint density at radius 2 is 1.74 bits per heavy atom. The molecule has 1 heterocycles. The maximum Gasteiger partial charge on any atom is 0.323 e. The van der Waals surface area contributed by atoms with Crippen molar-refractivity contribution >= 4 is 23.5 Å². The van der Waals surface area contributed by atoms with E-state index in [1.54, 1.807) is 30.3 Å². The summed E-state index contributed by atoms with van der Waals surface area (Å²) in [6.45, 7) is 6.46. The SMILES string of the molecule is CC(C)Cc1ccc(C[C@@]2(C)CCc3cc(C(=O)N(CCOc4ccc(Cl)cc4)CC(=O)O)ccc3O2)cc1. The molecule has 0 aliphatic carbocycles. The molecule has 39 heavy (non-hydrogen) atoms. The molecule has 1 N–H and O–H groups in total. The first-order chi connectivity index (χ1) is 18.6. The van der Waals surface area contributed by atoms with Crippen LogP contribution in [0.4, 0.5) is 0 Å². The van der Waals surface area contributed by atoms with Gasteiger partial charge >= 0.3 is 5.97 Å². The molecule has 0 aromatic heterocycles. The van der Waals surface area contributed by atoms with E-state index in [1.807, 2.05) is 12.1 Å². The van der Waals surface area contributed by atoms with Crippen LogP contribution in [0.15, 0.2) is 66.7 Å². The summed E-state index contributed by atoms with van der Waals surface area (Å²) in [5, 5.41) is 9.98. The van der Waals surface area contributed by atoms with Gasteiger partial charge in [-0.2, -0.15) is 0 Å². The summed E-state index contributed by atoms with van der Waals surface area (Å²) in [6.07, 6.45) is 3.47. The Labute approximate surface area is 235 Å². The number of nitrogens with zero attached hydrogens (tertiary/aromatic N) is 1. The number of fused-ring (bicyclic) bond motifs is 1. The van der Waals surface area contributed by atoms with Crippen molar-refractivity contribution in [2.75, 3.05) is 19.7 Å². The van der Waals surface area contributed by atoms with Crippen molar-refractivity contribution in [3.05, 3.63) is 94.0 Å². The number of carbonyl (C=O) groups is 2. The van der Waals surface area contributed by atoms with Crippen molar-refractivity contribution in [1.29, 1.82) is 0 Å². The van der Waals surface area contributed by atoms with Crippen LogP contribution in [0.25, 0.3) is 0 Å². The molecule has 7 heteroatoms. The summed E-state index contributed by atoms with van der Waals surface area (Å²) in [5.74, 6) is 0.566. The standard InChI is InChI=1S/C32H36ClNO5/c1-22(2)18-23-4-6-24(7-5-23)20-32(3)15-14-25-19-26(8-13-29(25)39-32)31(37)34(21-30(35)36)16-17-38-28-11-9-27(33)10-12-28/h4-13,19,22H,14-18,20-21H2,1-3H3,(H,35,36)/t32-/m1/s1. The molecule has 1 aliphatic heterocycles. The fourth-order valence-corrected chi connectivity index (χ4v) is 5.07. The minimum absolute atomic E-state index is 0.134. The van der Waals surface area contributed by atoms with Gasteiger partial charge in [-0.25, -0.2) is 0 Å². The highest BCUT2D eigenvalue weighted by Gasteiger charge is 2.32. The minimum Gasteiger partial charge on any atom is -0.492 e. The topological polar surface area (TPSA) is 76.1 Å². The van der Waals surface area contributed by atoms with Crippen molar-refractivity contribution in [2.45, 2.75) is 52.1 Å². The Morgan fingerprint density at radius 3 is 2.41 bits per heavy atom. The Hall–Kier alpha value is -3.51. The van der Waals surface area contributed by atoms with Gasteiger partial charge < -0.3 is 19.5 Å². The molecule has 0 saturated carbocycles. The number of carboxylic acids is 1. The molecule has 6 nitrogen and oxygen atoms in total. The number of amides is 1. The van der Waals surface area contributed by atoms with Crippen molar-refractivity contribution in [3.8, 4) is 11.5 Å². The highest BCUT2D eigenvalue weighted by atomic mass is 35.5. The van der Waals surface area contributed by atoms with Gasteiger partial charge in [0.25, 0.3) is 5.91 Å². The summed E-state index contributed by atoms with van der Waals surface area (Å²) in [5.41, 5.74) is 3.64. The molecule has 206 valence electrons. The van der Waals surface area contributed by atoms with E-state index in [4.69, 9.17) is 21.1 Å². The van der Waals surface area contributed by atoms with Gasteiger partial charge in [0.1, 0.15) is 30.3 Å². The number of aryl methyl sites for hydroxylation is 1. The zero-order chi connectivity index (χ0) is 28.0. The first-order valence-electron chi connectivity index (χ1n) is 13.4. The van der Waals surface area contributed by atoms with Crippen molar-refractivity contribution in [1.82, 2.24) is 4.90 Å². The quantitative estimate of drug-likeness (QED) is 0.296. The maximum atomic E-state index is 13.3. The van der Waals surface area contributed by atoms with E-state index in [1.165, 1.54) is 16.0 Å². The highest BCUT2D eigenvalue weighted by Crippen LogP contribution is 2.36. The molecule has 0 bridgehead atoms. The van der Waals surface area contributed by atoms with Gasteiger partial charge in [-0.1, -0.05) is 49.7 Å². The van der Waals surface area contributed by atoms with Crippen LogP contribution in [0.1, 0.15) is 54.2 Å². The third kappa shape index (κ3) is 7.99. The van der Waals surface area contributed by atoms with Crippen LogP contribution in [0.3, 0.4) is 0 Å². The number of hydrogen-bond donors (Lipinski definition) is 1. The second kappa shape index (κ2) is 12.6. The van der Waals surface area contributed by atoms with E-state index in [0.717, 1.165) is 37.0 Å². The van der Waals surface area contributed by atoms with Crippen LogP contribution >= 0.6 is 11.6 Å². The van der Waals surface area contributed by atoms with Crippen molar-refractivity contribution in [2.24, 2.45) is 5.92 Å². The van der Waals surface area contributed by atoms with Gasteiger partial charge in [-0.05, 0) is 91.3 Å². The molecular formula is C32H36ClNO5. The number of benzene rings is 3. The molecule has 0 saturated heterocycles. The zero-order valence-corrected chi connectivity index (χ0v) is 23.5. The number of rotatable bonds is 11. The number of carboxylic acid groups (broad SMARTS) is 1. The van der Waals surface area contributed by atoms with Crippen LogP contribution in [0.2, 0.25) is 5.02 Å². The molecule has 1 aliphatic rings. The average Bonchev–Trinajstić information content (AvgIpc) is 2.89. The average molecular weight is 550 g/mol. The zero-order valence-electron chi connectivity index (χ0n) is 22.8. The number of ether oxygens (including phenoxy) is 2. The van der Waals surface area contributed by atoms with Gasteiger partial charge in [0.15, 0.2) is 0 Å². The lowest BCUT2D eigenvalue weighted by molar-refractivity contribution is -0.137. The van der Waals surface area contributed by atoms with Crippen LogP contribution in [0.5, 0.6) is 11.5 Å². The van der Waals surface area contributed by atoms with Crippen LogP contribution in [-0.4, -0.2) is 47.2 Å². The van der Waals surface area contributed by atoms with Crippen LogP contribution in [0, 0.1) is 5.92 Å². The van der Waals surface area contributed by atoms with E-state index in [-0.39, 0.29) is 24.7 Å². The Morgan fingerprint density at radius 1 is 1.05 bits per heavy atom. The predicted octanol–water partition coefficient (Wildman–Crippen LogP) is 6.47. The second-order valence-electron chi connectivity index (χ2n) is 10.9. The van der Waals surface area contributed by atoms with Gasteiger partial charge in [0.05, 0.1) is 6.54 Å². The molecule has 0 unspecified atom stereocenters. The largest absolute Gasteiger partial charge is 0.492 e. The Bertz CT molecular complexity index is 1290. The lowest BCUT2D eigenvalue weighted by Crippen LogP contribution is -2.39. The minimum atomic E-state index is -1.08. The normalized spacial score (nSPS) is 16.3. The molecule has 1 amide bonds. The maximum absolute atomic E-state index is 13.3. The summed E-state index contributed by atoms with van der Waals surface area (Å²) >= 11 is 5.90. The third-order valence-electron chi connectivity index (χ3n) is 6.89. The van der Waals surface area contributed by atoms with Gasteiger partial charge in [0.2, 0.25) is 0 Å². The monoisotopic (exact) mass is 549 g/mol. The Balaban J connectivity index is 1.40. The van der Waals surface area contributed by atoms with Gasteiger partial charge in [-0.15, -0.1) is 0 Å². The summed E-state index contributed by atoms with van der Waals surface area (Å²) in [4.78, 5) is 26.0. The fraction of sp³-hybridized carbons (Fsp3) is 0.375. The molecule has 0 fully saturated rings. The fourth-order valence-electron chi connectivity index (χ4n) is 4.95. The molecular weight excluding hydrogens is 514 g/mol. The van der Waals surface area contributed by atoms with Crippen molar-refractivity contribution < 1.29 is 24.2 Å². The lowest BCUT2D eigenvalue weighted by Gasteiger charge is -2.36. The summed E-state index contributed by atoms with van der Waals surface area (Å²) in [6, 6.07) is 21.0. The molecule has 3 aromatic carbocycles. The first kappa shape index (κ1) is 28.5. The molecule has 1 atom stereocenters. The first-order valence-corrected chi connectivity index (χ1v) is 13.8. The highest BCUT2D eigenvalue weighted by molar-refractivity contribution is 6.30. The molecule has 0 spiro atoms. The molecule has 3 aromatic rings. The van der Waals surface area contributed by atoms with Gasteiger partial charge in [-0.3, -0.25) is 9.59 Å².